The normalized spacial score (nSPS) is 12.9. The van der Waals surface area contributed by atoms with Crippen molar-refractivity contribution in [1.82, 2.24) is 14.9 Å². The second kappa shape index (κ2) is 5.86. The molecule has 0 radical (unpaired) electrons. The van der Waals surface area contributed by atoms with E-state index >= 15 is 0 Å². The molecule has 1 rings (SSSR count). The van der Waals surface area contributed by atoms with Gasteiger partial charge in [-0.3, -0.25) is 9.59 Å². The van der Waals surface area contributed by atoms with Crippen LogP contribution in [0.5, 0.6) is 0 Å². The van der Waals surface area contributed by atoms with Gasteiger partial charge in [0.05, 0.1) is 0 Å². The van der Waals surface area contributed by atoms with Crippen molar-refractivity contribution in [2.45, 2.75) is 52.7 Å². The van der Waals surface area contributed by atoms with Gasteiger partial charge in [0.25, 0.3) is 5.56 Å². The maximum absolute atomic E-state index is 11.9. The van der Waals surface area contributed by atoms with E-state index in [1.165, 1.54) is 4.57 Å². The van der Waals surface area contributed by atoms with Crippen LogP contribution in [0.1, 0.15) is 34.6 Å². The minimum Gasteiger partial charge on any atom is -0.354 e. The van der Waals surface area contributed by atoms with Crippen molar-refractivity contribution < 1.29 is 4.79 Å². The van der Waals surface area contributed by atoms with Gasteiger partial charge in [0.1, 0.15) is 6.04 Å². The van der Waals surface area contributed by atoms with Crippen molar-refractivity contribution in [3.05, 3.63) is 22.7 Å². The molecule has 0 spiro atoms. The fraction of sp³-hybridized carbons (Fsp3) is 0.615. The number of hydrogen-bond acceptors (Lipinski definition) is 4. The summed E-state index contributed by atoms with van der Waals surface area (Å²) in [4.78, 5) is 27.8. The van der Waals surface area contributed by atoms with Gasteiger partial charge in [-0.1, -0.05) is 0 Å². The van der Waals surface area contributed by atoms with Gasteiger partial charge in [0, 0.05) is 24.5 Å². The first-order valence-electron chi connectivity index (χ1n) is 6.38. The summed E-state index contributed by atoms with van der Waals surface area (Å²) in [5.41, 5.74) is -0.527. The number of amides is 1. The van der Waals surface area contributed by atoms with Gasteiger partial charge >= 0.3 is 0 Å². The van der Waals surface area contributed by atoms with E-state index in [1.807, 2.05) is 27.7 Å². The maximum atomic E-state index is 11.9. The van der Waals surface area contributed by atoms with Crippen LogP contribution in [0.3, 0.4) is 0 Å². The zero-order chi connectivity index (χ0) is 14.6. The zero-order valence-corrected chi connectivity index (χ0v) is 12.2. The van der Waals surface area contributed by atoms with Crippen LogP contribution in [0.25, 0.3) is 0 Å². The van der Waals surface area contributed by atoms with Gasteiger partial charge in [0.15, 0.2) is 5.82 Å². The Morgan fingerprint density at radius 1 is 1.47 bits per heavy atom. The fourth-order valence-corrected chi connectivity index (χ4v) is 1.54. The molecule has 0 bridgehead atoms. The summed E-state index contributed by atoms with van der Waals surface area (Å²) in [5, 5.41) is 5.70. The molecule has 6 nitrogen and oxygen atoms in total. The molecular formula is C13H22N4O2. The number of rotatable bonds is 4. The van der Waals surface area contributed by atoms with Crippen LogP contribution >= 0.6 is 0 Å². The Morgan fingerprint density at radius 2 is 2.11 bits per heavy atom. The predicted octanol–water partition coefficient (Wildman–Crippen LogP) is 0.978. The van der Waals surface area contributed by atoms with Crippen molar-refractivity contribution in [1.29, 1.82) is 0 Å². The summed E-state index contributed by atoms with van der Waals surface area (Å²) >= 11 is 0. The SMILES string of the molecule is CCn1ccnc(NC(C)C(=O)NC(C)(C)C)c1=O. The predicted molar refractivity (Wildman–Crippen MR) is 75.2 cm³/mol. The second-order valence-corrected chi connectivity index (χ2v) is 5.47. The minimum atomic E-state index is -0.521. The lowest BCUT2D eigenvalue weighted by molar-refractivity contribution is -0.122. The molecule has 1 unspecified atom stereocenters. The lowest BCUT2D eigenvalue weighted by Gasteiger charge is -2.23. The Bertz CT molecular complexity index is 502. The molecule has 0 saturated heterocycles. The van der Waals surface area contributed by atoms with E-state index in [1.54, 1.807) is 19.3 Å². The highest BCUT2D eigenvalue weighted by molar-refractivity contribution is 5.84. The third-order valence-electron chi connectivity index (χ3n) is 2.50. The number of aryl methyl sites for hydroxylation is 1. The third-order valence-corrected chi connectivity index (χ3v) is 2.50. The Morgan fingerprint density at radius 3 is 2.63 bits per heavy atom. The summed E-state index contributed by atoms with van der Waals surface area (Å²) in [6, 6.07) is -0.521. The van der Waals surface area contributed by atoms with E-state index in [2.05, 4.69) is 15.6 Å². The number of carbonyl (C=O) groups excluding carboxylic acids is 1. The van der Waals surface area contributed by atoms with Gasteiger partial charge < -0.3 is 15.2 Å². The van der Waals surface area contributed by atoms with Crippen LogP contribution < -0.4 is 16.2 Å². The molecule has 0 aliphatic carbocycles. The molecule has 1 heterocycles. The highest BCUT2D eigenvalue weighted by atomic mass is 16.2. The highest BCUT2D eigenvalue weighted by Gasteiger charge is 2.20. The average Bonchev–Trinajstić information content (AvgIpc) is 2.29. The summed E-state index contributed by atoms with van der Waals surface area (Å²) in [6.45, 7) is 9.86. The molecular weight excluding hydrogens is 244 g/mol. The molecule has 1 atom stereocenters. The third kappa shape index (κ3) is 4.39. The zero-order valence-electron chi connectivity index (χ0n) is 12.2. The van der Waals surface area contributed by atoms with Crippen molar-refractivity contribution in [3.63, 3.8) is 0 Å². The average molecular weight is 266 g/mol. The standard InChI is InChI=1S/C13H22N4O2/c1-6-17-8-7-14-10(12(17)19)15-9(2)11(18)16-13(3,4)5/h7-9H,6H2,1-5H3,(H,14,15)(H,16,18). The maximum Gasteiger partial charge on any atom is 0.293 e. The number of nitrogens with one attached hydrogen (secondary N) is 2. The minimum absolute atomic E-state index is 0.166. The van der Waals surface area contributed by atoms with Gasteiger partial charge in [-0.15, -0.1) is 0 Å². The fourth-order valence-electron chi connectivity index (χ4n) is 1.54. The first-order valence-corrected chi connectivity index (χ1v) is 6.38. The molecule has 1 aromatic rings. The lowest BCUT2D eigenvalue weighted by atomic mass is 10.1. The number of hydrogen-bond donors (Lipinski definition) is 2. The first-order chi connectivity index (χ1) is 8.74. The molecule has 2 N–H and O–H groups in total. The molecule has 1 aromatic heterocycles. The summed E-state index contributed by atoms with van der Waals surface area (Å²) in [6.07, 6.45) is 3.16. The van der Waals surface area contributed by atoms with E-state index < -0.39 is 6.04 Å². The van der Waals surface area contributed by atoms with Crippen LogP contribution in [0, 0.1) is 0 Å². The second-order valence-electron chi connectivity index (χ2n) is 5.47. The van der Waals surface area contributed by atoms with Gasteiger partial charge in [0.2, 0.25) is 5.91 Å². The quantitative estimate of drug-likeness (QED) is 0.851. The monoisotopic (exact) mass is 266 g/mol. The molecule has 1 amide bonds. The van der Waals surface area contributed by atoms with Crippen LogP contribution in [0.15, 0.2) is 17.2 Å². The summed E-state index contributed by atoms with van der Waals surface area (Å²) in [5.74, 6) is 0.0292. The van der Waals surface area contributed by atoms with Crippen LogP contribution in [-0.2, 0) is 11.3 Å². The topological polar surface area (TPSA) is 76.0 Å². The molecule has 0 aromatic carbocycles. The number of nitrogens with zero attached hydrogens (tertiary/aromatic N) is 2. The molecule has 6 heteroatoms. The summed E-state index contributed by atoms with van der Waals surface area (Å²) in [7, 11) is 0. The van der Waals surface area contributed by atoms with Crippen molar-refractivity contribution in [2.24, 2.45) is 0 Å². The number of carbonyl (C=O) groups is 1. The molecule has 0 saturated carbocycles. The Kier molecular flexibility index (Phi) is 4.69. The number of anilines is 1. The molecule has 19 heavy (non-hydrogen) atoms. The Balaban J connectivity index is 2.80. The molecule has 106 valence electrons. The van der Waals surface area contributed by atoms with Gasteiger partial charge in [-0.05, 0) is 34.6 Å². The van der Waals surface area contributed by atoms with Crippen molar-refractivity contribution >= 4 is 11.7 Å². The molecule has 0 aliphatic heterocycles. The van der Waals surface area contributed by atoms with E-state index in [4.69, 9.17) is 0 Å². The highest BCUT2D eigenvalue weighted by Crippen LogP contribution is 2.02. The van der Waals surface area contributed by atoms with E-state index in [9.17, 15) is 9.59 Å². The van der Waals surface area contributed by atoms with E-state index in [-0.39, 0.29) is 22.8 Å². The van der Waals surface area contributed by atoms with Crippen LogP contribution in [-0.4, -0.2) is 27.0 Å². The Hall–Kier alpha value is -1.85. The Labute approximate surface area is 113 Å². The van der Waals surface area contributed by atoms with Crippen molar-refractivity contribution in [3.8, 4) is 0 Å². The van der Waals surface area contributed by atoms with Crippen LogP contribution in [0.2, 0.25) is 0 Å². The first kappa shape index (κ1) is 15.2. The van der Waals surface area contributed by atoms with Gasteiger partial charge in [-0.25, -0.2) is 4.98 Å². The molecule has 0 aliphatic rings. The van der Waals surface area contributed by atoms with E-state index in [0.717, 1.165) is 0 Å². The number of aromatic nitrogens is 2. The van der Waals surface area contributed by atoms with Crippen molar-refractivity contribution in [2.75, 3.05) is 5.32 Å². The lowest BCUT2D eigenvalue weighted by Crippen LogP contribution is -2.47. The van der Waals surface area contributed by atoms with Crippen LogP contribution in [0.4, 0.5) is 5.82 Å². The van der Waals surface area contributed by atoms with E-state index in [0.29, 0.717) is 6.54 Å². The largest absolute Gasteiger partial charge is 0.354 e. The summed E-state index contributed by atoms with van der Waals surface area (Å²) < 4.78 is 1.53. The smallest absolute Gasteiger partial charge is 0.293 e. The molecule has 0 fully saturated rings. The van der Waals surface area contributed by atoms with Gasteiger partial charge in [-0.2, -0.15) is 0 Å².